The molecular weight excluding hydrogens is 997 g/mol. The normalized spacial score (nSPS) is 14.8. The molecule has 0 unspecified atom stereocenters. The molecule has 0 aliphatic carbocycles. The molecule has 0 saturated heterocycles. The topological polar surface area (TPSA) is 768 Å². The molecule has 338 valence electrons. The summed E-state index contributed by atoms with van der Waals surface area (Å²) in [7, 11) is 0. The van der Waals surface area contributed by atoms with E-state index in [0.717, 1.165) is 0 Å². The van der Waals surface area contributed by atoms with Gasteiger partial charge in [0, 0.05) is 188 Å². The molecule has 65 heavy (non-hydrogen) atoms. The van der Waals surface area contributed by atoms with Gasteiger partial charge in [-0.1, -0.05) is 5.22 Å². The molecule has 0 heterocycles. The molecule has 0 aliphatic rings. The molecule has 61 heteroatoms. The molecule has 0 amide bonds. The maximum atomic E-state index is 9.94. The van der Waals surface area contributed by atoms with Crippen molar-refractivity contribution in [1.82, 2.24) is 5.43 Å². The summed E-state index contributed by atoms with van der Waals surface area (Å²) < 4.78 is 12.9. The summed E-state index contributed by atoms with van der Waals surface area (Å²) in [6, 6.07) is 0. The van der Waals surface area contributed by atoms with Crippen molar-refractivity contribution in [3.63, 3.8) is 0 Å². The maximum absolute atomic E-state index is 9.94. The van der Waals surface area contributed by atoms with Crippen LogP contribution in [0.5, 0.6) is 0 Å². The Labute approximate surface area is 354 Å². The number of hydrogen-bond acceptors (Lipinski definition) is 3. The van der Waals surface area contributed by atoms with Gasteiger partial charge in [-0.25, -0.2) is 0 Å². The molecule has 0 atom stereocenters. The van der Waals surface area contributed by atoms with Gasteiger partial charge in [-0.3, -0.25) is 10.3 Å². The summed E-state index contributed by atoms with van der Waals surface area (Å²) in [5.41, 5.74) is 15.9. The van der Waals surface area contributed by atoms with Crippen LogP contribution in [-0.2, 0) is 21.2 Å². The number of nitrogens with one attached hydrogen (secondary N) is 1. The molecule has 60 nitrogen and oxygen atoms in total. The molecule has 1 N–H and O–H groups in total. The summed E-state index contributed by atoms with van der Waals surface area (Å²) in [4.78, 5) is 1.50. The summed E-state index contributed by atoms with van der Waals surface area (Å²) in [5, 5.41) is 163. The fourth-order valence-electron chi connectivity index (χ4n) is 1.13. The quantitative estimate of drug-likeness (QED) is 0.0263. The van der Waals surface area contributed by atoms with Gasteiger partial charge in [-0.15, -0.1) is 0 Å². The Morgan fingerprint density at radius 1 is 0.277 bits per heavy atom. The third kappa shape index (κ3) is 59.4. The van der Waals surface area contributed by atoms with Gasteiger partial charge in [0.2, 0.25) is 0 Å². The number of hydrogen-bond donors (Lipinski definition) is 1. The van der Waals surface area contributed by atoms with E-state index < -0.39 is 17.8 Å². The predicted octanol–water partition coefficient (Wildman–Crippen LogP) is 11.7. The Balaban J connectivity index is 0. The largest absolute Gasteiger partial charge is 0.373 e. The number of nitrogens with zero attached hydrogens (tertiary/aromatic N) is 58. The van der Waals surface area contributed by atoms with E-state index in [9.17, 15) is 3.47 Å². The van der Waals surface area contributed by atoms with E-state index in [1.54, 1.807) is 0 Å². The van der Waals surface area contributed by atoms with Crippen LogP contribution in [0.25, 0.3) is 16.0 Å². The molecule has 0 fully saturated rings. The van der Waals surface area contributed by atoms with E-state index in [4.69, 9.17) is 11.1 Å². The average Bonchev–Trinajstić information content (AvgIpc) is 3.28. The SMILES string of the molecule is CC(C)(C)N/N=N/N=N/N=N/N=N/N=N/N=N/N=N/N=N/N=N/N=N/N=N/N=N/N=N/N=N/N=N/N=N/N=N/N=N/N=N/N=N/N=N/N=N/N=N/N=N/N=N/N=N/N=N/[N]=[Pd]=[O].[N-]=[N+]=[N-]. The summed E-state index contributed by atoms with van der Waals surface area (Å²) in [5.74, 6) is 0. The Bertz CT molecular complexity index is 2170. The fourth-order valence-corrected chi connectivity index (χ4v) is 1.25. The predicted molar refractivity (Wildman–Crippen MR) is 167 cm³/mol. The van der Waals surface area contributed by atoms with Crippen molar-refractivity contribution in [2.24, 2.45) is 286 Å². The van der Waals surface area contributed by atoms with Crippen molar-refractivity contribution in [3.05, 3.63) is 16.0 Å². The van der Waals surface area contributed by atoms with Crippen LogP contribution in [0.4, 0.5) is 0 Å². The zero-order chi connectivity index (χ0) is 47.5. The van der Waals surface area contributed by atoms with Gasteiger partial charge in [0.05, 0.1) is 0 Å². The van der Waals surface area contributed by atoms with Crippen molar-refractivity contribution in [1.29, 1.82) is 0 Å². The van der Waals surface area contributed by atoms with Gasteiger partial charge < -0.3 is 11.1 Å². The molecule has 0 rings (SSSR count). The van der Waals surface area contributed by atoms with E-state index >= 15 is 0 Å². The first-order chi connectivity index (χ1) is 32.0. The molecule has 0 saturated carbocycles. The molecular formula is C4H10N59OPd-. The van der Waals surface area contributed by atoms with E-state index in [-0.39, 0.29) is 5.54 Å². The van der Waals surface area contributed by atoms with Gasteiger partial charge >= 0.3 is 82.4 Å². The van der Waals surface area contributed by atoms with Crippen LogP contribution in [0, 0.1) is 0 Å². The van der Waals surface area contributed by atoms with Gasteiger partial charge in [-0.2, -0.15) is 0 Å². The minimum atomic E-state index is -1.19. The molecule has 0 aliphatic heterocycles. The van der Waals surface area contributed by atoms with E-state index in [1.807, 2.05) is 20.8 Å². The van der Waals surface area contributed by atoms with E-state index in [1.165, 1.54) is 4.91 Å². The average molecular weight is 1010 g/mol. The smallest absolute Gasteiger partial charge is 0.255 e. The van der Waals surface area contributed by atoms with Crippen LogP contribution in [0.2, 0.25) is 0 Å². The Morgan fingerprint density at radius 2 is 0.400 bits per heavy atom. The first-order valence-electron chi connectivity index (χ1n) is 13.4. The van der Waals surface area contributed by atoms with Crippen LogP contribution in [0.3, 0.4) is 0 Å². The molecule has 0 spiro atoms. The molecule has 0 aromatic heterocycles. The second-order valence-corrected chi connectivity index (χ2v) is 8.01. The minimum absolute atomic E-state index is 0.287. The zero-order valence-electron chi connectivity index (χ0n) is 30.7. The van der Waals surface area contributed by atoms with Crippen molar-refractivity contribution >= 4 is 0 Å². The monoisotopic (exact) mass is 1010 g/mol. The van der Waals surface area contributed by atoms with Crippen molar-refractivity contribution in [2.45, 2.75) is 26.3 Å². The molecule has 0 radical (unpaired) electrons. The molecule has 0 bridgehead atoms. The van der Waals surface area contributed by atoms with E-state index in [2.05, 4.69) is 291 Å². The van der Waals surface area contributed by atoms with Crippen LogP contribution in [-0.4, -0.2) is 5.54 Å². The first-order valence-corrected chi connectivity index (χ1v) is 14.8. The maximum Gasteiger partial charge on any atom is -0.255 e. The van der Waals surface area contributed by atoms with Crippen molar-refractivity contribution in [3.8, 4) is 0 Å². The third-order valence-electron chi connectivity index (χ3n) is 2.56. The standard InChI is InChI=1S/C4H10N56.N3.O.Pd/c1-4(2,3)6-8-10-12-14-16-18-20-22-24-26-28-30-32-34-36-38-40-42-44-46-48-50-52-54-56-58-60-59-57-55-53-51-49-47-45-43-41-39-37-35-33-31-29-27-25-23-21-19-17-15-13-11-9-7-5;1-3-2;;/h1-3H3,(H,6,7,10,11,14,15,18,19,22,23,26,27,30,31,34,35,38,39,42,43,46,47,50,51,54,55,58,59);;;/q;-1;;. The first kappa shape index (κ1) is 55.7. The third-order valence-corrected chi connectivity index (χ3v) is 2.83. The van der Waals surface area contributed by atoms with Gasteiger partial charge in [0.1, 0.15) is 0 Å². The van der Waals surface area contributed by atoms with Crippen LogP contribution in [0.1, 0.15) is 20.8 Å². The summed E-state index contributed by atoms with van der Waals surface area (Å²) in [6.45, 7) is 5.59. The van der Waals surface area contributed by atoms with Crippen molar-refractivity contribution < 1.29 is 21.2 Å². The summed E-state index contributed by atoms with van der Waals surface area (Å²) >= 11 is -1.19. The van der Waals surface area contributed by atoms with Gasteiger partial charge in [0.15, 0.2) is 0 Å². The fraction of sp³-hybridized carbons (Fsp3) is 1.00. The molecule has 0 aromatic carbocycles. The minimum Gasteiger partial charge on any atom is -0.373 e. The second-order valence-electron chi connectivity index (χ2n) is 7.41. The summed E-state index contributed by atoms with van der Waals surface area (Å²) in [6.07, 6.45) is 0. The second kappa shape index (κ2) is 50.6. The van der Waals surface area contributed by atoms with Gasteiger partial charge in [0.25, 0.3) is 0 Å². The van der Waals surface area contributed by atoms with Crippen LogP contribution < -0.4 is 5.43 Å². The molecule has 0 aromatic rings. The Morgan fingerprint density at radius 3 is 0.523 bits per heavy atom. The van der Waals surface area contributed by atoms with E-state index in [0.29, 0.717) is 0 Å². The zero-order valence-corrected chi connectivity index (χ0v) is 32.2. The van der Waals surface area contributed by atoms with Crippen LogP contribution >= 0.6 is 0 Å². The Kier molecular flexibility index (Phi) is 43.3. The number of rotatable bonds is 28. The van der Waals surface area contributed by atoms with Gasteiger partial charge in [-0.05, 0) is 57.3 Å². The van der Waals surface area contributed by atoms with Crippen molar-refractivity contribution in [2.75, 3.05) is 0 Å². The van der Waals surface area contributed by atoms with Crippen LogP contribution in [0.15, 0.2) is 286 Å². The Hall–Kier alpha value is -11.4.